The fourth-order valence-electron chi connectivity index (χ4n) is 1.43. The molecule has 1 unspecified atom stereocenters. The van der Waals surface area contributed by atoms with Crippen molar-refractivity contribution in [1.82, 2.24) is 0 Å². The molecule has 0 aliphatic rings. The second-order valence-corrected chi connectivity index (χ2v) is 6.65. The van der Waals surface area contributed by atoms with Crippen molar-refractivity contribution in [3.05, 3.63) is 35.4 Å². The van der Waals surface area contributed by atoms with Gasteiger partial charge in [0, 0.05) is 6.16 Å². The van der Waals surface area contributed by atoms with Crippen LogP contribution in [0.1, 0.15) is 29.8 Å². The predicted octanol–water partition coefficient (Wildman–Crippen LogP) is 2.25. The Labute approximate surface area is 112 Å². The summed E-state index contributed by atoms with van der Waals surface area (Å²) in [5, 5.41) is 0. The zero-order valence-corrected chi connectivity index (χ0v) is 11.8. The van der Waals surface area contributed by atoms with Crippen molar-refractivity contribution >= 4 is 19.4 Å². The molecule has 5 nitrogen and oxygen atoms in total. The Morgan fingerprint density at radius 2 is 1.95 bits per heavy atom. The lowest BCUT2D eigenvalue weighted by Crippen LogP contribution is -2.11. The highest BCUT2D eigenvalue weighted by Gasteiger charge is 2.16. The molecule has 0 saturated carbocycles. The zero-order valence-electron chi connectivity index (χ0n) is 10.9. The number of hydrogen-bond donors (Lipinski definition) is 1. The van der Waals surface area contributed by atoms with Crippen LogP contribution in [-0.4, -0.2) is 29.2 Å². The largest absolute Gasteiger partial charge is 0.459 e. The van der Waals surface area contributed by atoms with Gasteiger partial charge in [0.25, 0.3) is 7.37 Å². The van der Waals surface area contributed by atoms with E-state index in [1.807, 2.05) is 0 Å². The van der Waals surface area contributed by atoms with Crippen LogP contribution in [0, 0.1) is 0 Å². The average Bonchev–Trinajstić information content (AvgIpc) is 2.36. The molecule has 1 atom stereocenters. The first-order valence-electron chi connectivity index (χ1n) is 5.92. The molecule has 0 spiro atoms. The molecule has 1 aromatic carbocycles. The fraction of sp³-hybridized carbons (Fsp3) is 0.385. The van der Waals surface area contributed by atoms with Gasteiger partial charge < -0.3 is 9.63 Å². The van der Waals surface area contributed by atoms with E-state index < -0.39 is 13.3 Å². The van der Waals surface area contributed by atoms with Crippen LogP contribution in [0.2, 0.25) is 0 Å². The molecule has 0 saturated heterocycles. The monoisotopic (exact) mass is 284 g/mol. The first-order valence-corrected chi connectivity index (χ1v) is 7.83. The summed E-state index contributed by atoms with van der Waals surface area (Å²) in [5.41, 5.74) is 1.22. The topological polar surface area (TPSA) is 80.7 Å². The van der Waals surface area contributed by atoms with Crippen LogP contribution in [0.4, 0.5) is 0 Å². The number of carbonyl (C=O) groups is 2. The summed E-state index contributed by atoms with van der Waals surface area (Å²) < 4.78 is 16.2. The van der Waals surface area contributed by atoms with E-state index in [2.05, 4.69) is 0 Å². The highest BCUT2D eigenvalue weighted by atomic mass is 31.2. The Kier molecular flexibility index (Phi) is 5.45. The number of esters is 1. The quantitative estimate of drug-likeness (QED) is 0.492. The van der Waals surface area contributed by atoms with E-state index in [0.717, 1.165) is 5.56 Å². The minimum atomic E-state index is -3.66. The molecule has 104 valence electrons. The van der Waals surface area contributed by atoms with Crippen molar-refractivity contribution in [1.29, 1.82) is 0 Å². The maximum Gasteiger partial charge on any atom is 0.338 e. The van der Waals surface area contributed by atoms with E-state index >= 15 is 0 Å². The maximum atomic E-state index is 11.6. The first-order chi connectivity index (χ1) is 8.84. The lowest BCUT2D eigenvalue weighted by atomic mass is 10.1. The van der Waals surface area contributed by atoms with Gasteiger partial charge in [0.15, 0.2) is 0 Å². The van der Waals surface area contributed by atoms with Crippen LogP contribution in [0.5, 0.6) is 0 Å². The minimum Gasteiger partial charge on any atom is -0.459 e. The molecule has 0 bridgehead atoms. The van der Waals surface area contributed by atoms with Gasteiger partial charge >= 0.3 is 5.97 Å². The van der Waals surface area contributed by atoms with Gasteiger partial charge in [0.2, 0.25) is 6.03 Å². The van der Waals surface area contributed by atoms with Gasteiger partial charge in [-0.1, -0.05) is 12.1 Å². The van der Waals surface area contributed by atoms with Crippen LogP contribution in [-0.2, 0) is 20.5 Å². The molecular formula is C13H17O5P. The number of carbonyl (C=O) groups excluding carboxylic acids is 2. The SMILES string of the molecule is CC(C)OC(=O)c1ccc(CCP(=O)(O)C=O)cc1. The van der Waals surface area contributed by atoms with Crippen LogP contribution < -0.4 is 0 Å². The number of ether oxygens (including phenoxy) is 1. The van der Waals surface area contributed by atoms with Gasteiger partial charge in [-0.25, -0.2) is 4.79 Å². The van der Waals surface area contributed by atoms with Crippen molar-refractivity contribution in [3.63, 3.8) is 0 Å². The summed E-state index contributed by atoms with van der Waals surface area (Å²) in [6.45, 7) is 3.54. The van der Waals surface area contributed by atoms with Gasteiger partial charge in [-0.2, -0.15) is 0 Å². The molecule has 0 aliphatic heterocycles. The van der Waals surface area contributed by atoms with E-state index in [9.17, 15) is 14.2 Å². The van der Waals surface area contributed by atoms with Gasteiger partial charge in [0.1, 0.15) is 0 Å². The Morgan fingerprint density at radius 3 is 2.42 bits per heavy atom. The molecule has 0 fully saturated rings. The summed E-state index contributed by atoms with van der Waals surface area (Å²) in [5.74, 6) is -0.401. The Balaban J connectivity index is 2.64. The smallest absolute Gasteiger partial charge is 0.338 e. The third kappa shape index (κ3) is 5.37. The maximum absolute atomic E-state index is 11.6. The van der Waals surface area contributed by atoms with Crippen LogP contribution in [0.15, 0.2) is 24.3 Å². The lowest BCUT2D eigenvalue weighted by molar-refractivity contribution is 0.0378. The second-order valence-electron chi connectivity index (χ2n) is 4.49. The van der Waals surface area contributed by atoms with Crippen LogP contribution in [0.3, 0.4) is 0 Å². The Bertz CT molecular complexity index is 492. The summed E-state index contributed by atoms with van der Waals surface area (Å²) in [4.78, 5) is 31.0. The third-order valence-electron chi connectivity index (χ3n) is 2.42. The molecule has 1 rings (SSSR count). The second kappa shape index (κ2) is 6.64. The average molecular weight is 284 g/mol. The fourth-order valence-corrected chi connectivity index (χ4v) is 2.12. The molecule has 0 radical (unpaired) electrons. The van der Waals surface area contributed by atoms with Gasteiger partial charge in [-0.15, -0.1) is 0 Å². The zero-order chi connectivity index (χ0) is 14.5. The van der Waals surface area contributed by atoms with Gasteiger partial charge in [-0.05, 0) is 38.0 Å². The van der Waals surface area contributed by atoms with Gasteiger partial charge in [-0.3, -0.25) is 9.36 Å². The van der Waals surface area contributed by atoms with E-state index in [0.29, 0.717) is 12.0 Å². The highest BCUT2D eigenvalue weighted by Crippen LogP contribution is 2.36. The summed E-state index contributed by atoms with van der Waals surface area (Å²) in [6, 6.07) is 6.66. The number of benzene rings is 1. The molecule has 0 heterocycles. The number of rotatable bonds is 6. The molecule has 0 aliphatic carbocycles. The summed E-state index contributed by atoms with van der Waals surface area (Å²) >= 11 is 0. The number of aryl methyl sites for hydroxylation is 1. The molecule has 6 heteroatoms. The molecular weight excluding hydrogens is 267 g/mol. The Hall–Kier alpha value is -1.45. The van der Waals surface area contributed by atoms with Crippen LogP contribution >= 0.6 is 7.37 Å². The van der Waals surface area contributed by atoms with Gasteiger partial charge in [0.05, 0.1) is 11.7 Å². The number of hydrogen-bond acceptors (Lipinski definition) is 4. The van der Waals surface area contributed by atoms with Crippen molar-refractivity contribution in [2.24, 2.45) is 0 Å². The van der Waals surface area contributed by atoms with Crippen molar-refractivity contribution in [3.8, 4) is 0 Å². The van der Waals surface area contributed by atoms with Crippen LogP contribution in [0.25, 0.3) is 0 Å². The van der Waals surface area contributed by atoms with E-state index in [-0.39, 0.29) is 18.3 Å². The minimum absolute atomic E-state index is 0.0910. The standard InChI is InChI=1S/C13H17O5P/c1-10(2)18-13(15)12-5-3-11(4-6-12)7-8-19(16,17)9-14/h3-6,9-10H,7-8H2,1-2H3,(H,16,17). The predicted molar refractivity (Wildman–Crippen MR) is 72.1 cm³/mol. The Morgan fingerprint density at radius 1 is 1.37 bits per heavy atom. The summed E-state index contributed by atoms with van der Waals surface area (Å²) in [7, 11) is -3.66. The highest BCUT2D eigenvalue weighted by molar-refractivity contribution is 7.72. The first kappa shape index (κ1) is 15.6. The van der Waals surface area contributed by atoms with Crippen molar-refractivity contribution in [2.45, 2.75) is 26.4 Å². The molecule has 19 heavy (non-hydrogen) atoms. The van der Waals surface area contributed by atoms with E-state index in [1.54, 1.807) is 38.1 Å². The van der Waals surface area contributed by atoms with E-state index in [1.165, 1.54) is 0 Å². The molecule has 0 amide bonds. The van der Waals surface area contributed by atoms with E-state index in [4.69, 9.17) is 9.63 Å². The third-order valence-corrected chi connectivity index (χ3v) is 3.61. The molecule has 1 aromatic rings. The summed E-state index contributed by atoms with van der Waals surface area (Å²) in [6.07, 6.45) is 0.0400. The molecule has 0 aromatic heterocycles. The van der Waals surface area contributed by atoms with Crippen molar-refractivity contribution < 1.29 is 23.8 Å². The molecule has 1 N–H and O–H groups in total. The lowest BCUT2D eigenvalue weighted by Gasteiger charge is -2.08. The normalized spacial score (nSPS) is 13.9. The van der Waals surface area contributed by atoms with Crippen molar-refractivity contribution in [2.75, 3.05) is 6.16 Å².